The number of aryl methyl sites for hydroxylation is 1. The Morgan fingerprint density at radius 2 is 1.82 bits per heavy atom. The molecule has 0 saturated carbocycles. The zero-order valence-corrected chi connectivity index (χ0v) is 21.5. The average molecular weight is 529 g/mol. The van der Waals surface area contributed by atoms with E-state index in [4.69, 9.17) is 4.98 Å². The molecular weight excluding hydrogens is 508 g/mol. The van der Waals surface area contributed by atoms with Gasteiger partial charge in [-0.3, -0.25) is 24.8 Å². The first-order valence-electron chi connectivity index (χ1n) is 12.2. The predicted octanol–water partition coefficient (Wildman–Crippen LogP) is 6.25. The van der Waals surface area contributed by atoms with E-state index in [9.17, 15) is 4.79 Å². The fourth-order valence-electron chi connectivity index (χ4n) is 4.49. The first-order valence-corrected chi connectivity index (χ1v) is 13.0. The summed E-state index contributed by atoms with van der Waals surface area (Å²) in [6, 6.07) is 18.9. The number of imidazole rings is 1. The molecule has 0 aliphatic rings. The molecule has 39 heavy (non-hydrogen) atoms. The van der Waals surface area contributed by atoms with Gasteiger partial charge >= 0.3 is 0 Å². The second-order valence-corrected chi connectivity index (χ2v) is 10.3. The molecule has 0 fully saturated rings. The second-order valence-electron chi connectivity index (χ2n) is 9.02. The highest BCUT2D eigenvalue weighted by molar-refractivity contribution is 7.15. The first kappa shape index (κ1) is 22.9. The number of nitrogens with one attached hydrogen (secondary N) is 3. The molecule has 9 nitrogen and oxygen atoms in total. The summed E-state index contributed by atoms with van der Waals surface area (Å²) in [6.45, 7) is 2.08. The molecule has 7 rings (SSSR count). The highest BCUT2D eigenvalue weighted by Gasteiger charge is 2.17. The number of amides is 1. The number of pyridine rings is 3. The van der Waals surface area contributed by atoms with Crippen LogP contribution < -0.4 is 5.32 Å². The Kier molecular flexibility index (Phi) is 5.45. The number of carbonyl (C=O) groups is 1. The van der Waals surface area contributed by atoms with Crippen molar-refractivity contribution in [3.05, 3.63) is 95.9 Å². The van der Waals surface area contributed by atoms with Gasteiger partial charge in [-0.1, -0.05) is 18.2 Å². The third-order valence-electron chi connectivity index (χ3n) is 6.37. The normalized spacial score (nSPS) is 11.3. The van der Waals surface area contributed by atoms with Gasteiger partial charge in [-0.05, 0) is 49.4 Å². The van der Waals surface area contributed by atoms with E-state index < -0.39 is 0 Å². The highest BCUT2D eigenvalue weighted by atomic mass is 32.1. The molecule has 0 spiro atoms. The number of thiophene rings is 1. The maximum absolute atomic E-state index is 12.6. The second kappa shape index (κ2) is 9.26. The maximum Gasteiger partial charge on any atom is 0.255 e. The number of aromatic amines is 2. The van der Waals surface area contributed by atoms with Gasteiger partial charge in [0.25, 0.3) is 5.91 Å². The smallest absolute Gasteiger partial charge is 0.255 e. The van der Waals surface area contributed by atoms with Gasteiger partial charge < -0.3 is 10.3 Å². The van der Waals surface area contributed by atoms with Crippen LogP contribution in [0.15, 0.2) is 85.5 Å². The monoisotopic (exact) mass is 528 g/mol. The summed E-state index contributed by atoms with van der Waals surface area (Å²) in [7, 11) is 0. The molecule has 0 saturated heterocycles. The standard InChI is InChI=1S/C29H20N8OS/c1-16-7-8-24(39-16)27-26-21(9-10-31-27)34-28(35-26)25-20-12-22(32-15-23(20)36-37-25)18-11-19(14-30-13-18)33-29(38)17-5-3-2-4-6-17/h2-15H,1H3,(H,33,38)(H,34,35)(H,36,37). The van der Waals surface area contributed by atoms with Crippen molar-refractivity contribution in [2.24, 2.45) is 0 Å². The third-order valence-corrected chi connectivity index (χ3v) is 7.38. The van der Waals surface area contributed by atoms with Crippen molar-refractivity contribution in [1.29, 1.82) is 0 Å². The third kappa shape index (κ3) is 4.22. The number of hydrogen-bond acceptors (Lipinski definition) is 7. The number of H-pyrrole nitrogens is 2. The molecule has 10 heteroatoms. The van der Waals surface area contributed by atoms with Gasteiger partial charge in [0.2, 0.25) is 0 Å². The van der Waals surface area contributed by atoms with Gasteiger partial charge in [0, 0.05) is 33.8 Å². The SMILES string of the molecule is Cc1ccc(-c2nccc3[nH]c(-c4n[nH]c5cnc(-c6cncc(NC(=O)c7ccccc7)c6)cc45)nc23)s1. The van der Waals surface area contributed by atoms with Gasteiger partial charge in [0.05, 0.1) is 39.7 Å². The van der Waals surface area contributed by atoms with Crippen LogP contribution in [-0.2, 0) is 0 Å². The van der Waals surface area contributed by atoms with E-state index in [-0.39, 0.29) is 5.91 Å². The number of rotatable bonds is 5. The lowest BCUT2D eigenvalue weighted by atomic mass is 10.1. The van der Waals surface area contributed by atoms with Crippen LogP contribution in [0.5, 0.6) is 0 Å². The van der Waals surface area contributed by atoms with Crippen LogP contribution in [0.25, 0.3) is 55.3 Å². The summed E-state index contributed by atoms with van der Waals surface area (Å²) >= 11 is 1.69. The molecule has 1 aromatic carbocycles. The Balaban J connectivity index is 1.25. The van der Waals surface area contributed by atoms with Crippen molar-refractivity contribution in [1.82, 2.24) is 35.1 Å². The van der Waals surface area contributed by atoms with E-state index in [1.54, 1.807) is 48.3 Å². The first-order chi connectivity index (χ1) is 19.1. The molecule has 7 aromatic rings. The molecule has 0 unspecified atom stereocenters. The quantitative estimate of drug-likeness (QED) is 0.243. The van der Waals surface area contributed by atoms with Gasteiger partial charge in [-0.25, -0.2) is 4.98 Å². The van der Waals surface area contributed by atoms with E-state index in [2.05, 4.69) is 54.5 Å². The van der Waals surface area contributed by atoms with Crippen LogP contribution in [0, 0.1) is 6.92 Å². The van der Waals surface area contributed by atoms with Crippen LogP contribution in [0.3, 0.4) is 0 Å². The fourth-order valence-corrected chi connectivity index (χ4v) is 5.35. The molecule has 0 atom stereocenters. The Morgan fingerprint density at radius 3 is 2.67 bits per heavy atom. The Morgan fingerprint density at radius 1 is 0.923 bits per heavy atom. The number of fused-ring (bicyclic) bond motifs is 2. The molecule has 6 heterocycles. The predicted molar refractivity (Wildman–Crippen MR) is 152 cm³/mol. The van der Waals surface area contributed by atoms with Crippen molar-refractivity contribution in [3.63, 3.8) is 0 Å². The number of nitrogens with zero attached hydrogens (tertiary/aromatic N) is 5. The molecule has 0 bridgehead atoms. The molecule has 0 radical (unpaired) electrons. The number of hydrogen-bond donors (Lipinski definition) is 3. The molecule has 1 amide bonds. The van der Waals surface area contributed by atoms with Crippen LogP contribution >= 0.6 is 11.3 Å². The minimum Gasteiger partial charge on any atom is -0.336 e. The molecule has 6 aromatic heterocycles. The molecule has 188 valence electrons. The summed E-state index contributed by atoms with van der Waals surface area (Å²) < 4.78 is 0. The van der Waals surface area contributed by atoms with Crippen LogP contribution in [-0.4, -0.2) is 41.0 Å². The summed E-state index contributed by atoms with van der Waals surface area (Å²) in [5, 5.41) is 11.4. The Bertz CT molecular complexity index is 1990. The number of anilines is 1. The molecule has 3 N–H and O–H groups in total. The van der Waals surface area contributed by atoms with Crippen molar-refractivity contribution in [3.8, 4) is 33.3 Å². The number of benzene rings is 1. The van der Waals surface area contributed by atoms with Crippen molar-refractivity contribution in [2.45, 2.75) is 6.92 Å². The average Bonchev–Trinajstić information content (AvgIpc) is 3.71. The largest absolute Gasteiger partial charge is 0.336 e. The summed E-state index contributed by atoms with van der Waals surface area (Å²) in [6.07, 6.45) is 6.85. The highest BCUT2D eigenvalue weighted by Crippen LogP contribution is 2.34. The van der Waals surface area contributed by atoms with Crippen LogP contribution in [0.4, 0.5) is 5.69 Å². The van der Waals surface area contributed by atoms with Gasteiger partial charge in [0.1, 0.15) is 16.9 Å². The lowest BCUT2D eigenvalue weighted by molar-refractivity contribution is 0.102. The fraction of sp³-hybridized carbons (Fsp3) is 0.0345. The maximum atomic E-state index is 12.6. The zero-order chi connectivity index (χ0) is 26.3. The van der Waals surface area contributed by atoms with E-state index in [0.717, 1.165) is 38.1 Å². The Labute approximate surface area is 226 Å². The van der Waals surface area contributed by atoms with Gasteiger partial charge in [-0.15, -0.1) is 11.3 Å². The van der Waals surface area contributed by atoms with E-state index in [1.165, 1.54) is 4.88 Å². The molecule has 0 aliphatic heterocycles. The van der Waals surface area contributed by atoms with Crippen molar-refractivity contribution >= 4 is 44.9 Å². The zero-order valence-electron chi connectivity index (χ0n) is 20.6. The topological polar surface area (TPSA) is 125 Å². The van der Waals surface area contributed by atoms with Crippen molar-refractivity contribution in [2.75, 3.05) is 5.32 Å². The van der Waals surface area contributed by atoms with Crippen LogP contribution in [0.1, 0.15) is 15.2 Å². The van der Waals surface area contributed by atoms with E-state index in [1.807, 2.05) is 36.4 Å². The van der Waals surface area contributed by atoms with Gasteiger partial charge in [0.15, 0.2) is 5.82 Å². The number of aromatic nitrogens is 7. The molecular formula is C29H20N8OS. The Hall–Kier alpha value is -5.22. The van der Waals surface area contributed by atoms with E-state index in [0.29, 0.717) is 28.5 Å². The lowest BCUT2D eigenvalue weighted by Gasteiger charge is -2.07. The molecule has 0 aliphatic carbocycles. The minimum atomic E-state index is -0.202. The van der Waals surface area contributed by atoms with Crippen LogP contribution in [0.2, 0.25) is 0 Å². The number of carbonyl (C=O) groups excluding carboxylic acids is 1. The lowest BCUT2D eigenvalue weighted by Crippen LogP contribution is -2.11. The summed E-state index contributed by atoms with van der Waals surface area (Å²) in [4.78, 5) is 36.7. The van der Waals surface area contributed by atoms with E-state index >= 15 is 0 Å². The van der Waals surface area contributed by atoms with Gasteiger partial charge in [-0.2, -0.15) is 5.10 Å². The van der Waals surface area contributed by atoms with Crippen molar-refractivity contribution < 1.29 is 4.79 Å². The summed E-state index contributed by atoms with van der Waals surface area (Å²) in [5.41, 5.74) is 6.60. The minimum absolute atomic E-state index is 0.202. The summed E-state index contributed by atoms with van der Waals surface area (Å²) in [5.74, 6) is 0.435.